The average Bonchev–Trinajstić information content (AvgIpc) is 2.96. The lowest BCUT2D eigenvalue weighted by Crippen LogP contribution is -2.47. The van der Waals surface area contributed by atoms with E-state index in [0.29, 0.717) is 10.8 Å². The summed E-state index contributed by atoms with van der Waals surface area (Å²) < 4.78 is 5.57. The van der Waals surface area contributed by atoms with Crippen molar-refractivity contribution in [2.75, 3.05) is 19.8 Å². The van der Waals surface area contributed by atoms with Crippen molar-refractivity contribution in [1.29, 1.82) is 0 Å². The predicted octanol–water partition coefficient (Wildman–Crippen LogP) is 3.51. The Morgan fingerprint density at radius 3 is 2.44 bits per heavy atom. The van der Waals surface area contributed by atoms with E-state index in [0.717, 1.165) is 19.3 Å². The second kappa shape index (κ2) is 5.13. The zero-order valence-electron chi connectivity index (χ0n) is 12.0. The fourth-order valence-electron chi connectivity index (χ4n) is 4.61. The lowest BCUT2D eigenvalue weighted by molar-refractivity contribution is 0.00286. The van der Waals surface area contributed by atoms with Crippen LogP contribution in [0.25, 0.3) is 0 Å². The Kier molecular flexibility index (Phi) is 3.68. The Bertz CT molecular complexity index is 277. The molecule has 1 heterocycles. The highest BCUT2D eigenvalue weighted by atomic mass is 16.5. The van der Waals surface area contributed by atoms with Crippen molar-refractivity contribution < 1.29 is 4.74 Å². The van der Waals surface area contributed by atoms with Gasteiger partial charge in [-0.1, -0.05) is 26.2 Å². The minimum atomic E-state index is 0.590. The molecule has 1 spiro atoms. The molecule has 0 radical (unpaired) electrons. The van der Waals surface area contributed by atoms with E-state index in [1.165, 1.54) is 64.3 Å². The Morgan fingerprint density at radius 1 is 1.00 bits per heavy atom. The third-order valence-electron chi connectivity index (χ3n) is 5.98. The van der Waals surface area contributed by atoms with Crippen molar-refractivity contribution in [3.63, 3.8) is 0 Å². The van der Waals surface area contributed by atoms with Crippen LogP contribution >= 0.6 is 0 Å². The molecule has 1 saturated heterocycles. The summed E-state index contributed by atoms with van der Waals surface area (Å²) in [4.78, 5) is 0. The standard InChI is InChI=1S/C16H29NO/c1-15(6-2-3-7-15)13-17-14-5-4-8-16(14)9-11-18-12-10-16/h14,17H,2-13H2,1H3. The first-order chi connectivity index (χ1) is 8.73. The number of hydrogen-bond donors (Lipinski definition) is 1. The van der Waals surface area contributed by atoms with Gasteiger partial charge in [0.2, 0.25) is 0 Å². The minimum Gasteiger partial charge on any atom is -0.381 e. The van der Waals surface area contributed by atoms with Gasteiger partial charge in [0.25, 0.3) is 0 Å². The SMILES string of the molecule is CC1(CNC2CCCC23CCOCC3)CCCC1. The van der Waals surface area contributed by atoms with Crippen LogP contribution in [0.15, 0.2) is 0 Å². The molecule has 2 heteroatoms. The van der Waals surface area contributed by atoms with Gasteiger partial charge < -0.3 is 10.1 Å². The van der Waals surface area contributed by atoms with E-state index in [1.807, 2.05) is 0 Å². The molecule has 1 unspecified atom stereocenters. The first-order valence-electron chi connectivity index (χ1n) is 8.04. The monoisotopic (exact) mass is 251 g/mol. The molecule has 3 fully saturated rings. The largest absolute Gasteiger partial charge is 0.381 e. The highest BCUT2D eigenvalue weighted by Gasteiger charge is 2.44. The van der Waals surface area contributed by atoms with Crippen LogP contribution < -0.4 is 5.32 Å². The Balaban J connectivity index is 1.57. The van der Waals surface area contributed by atoms with E-state index in [1.54, 1.807) is 0 Å². The highest BCUT2D eigenvalue weighted by molar-refractivity contribution is 4.98. The van der Waals surface area contributed by atoms with Gasteiger partial charge in [-0.2, -0.15) is 0 Å². The summed E-state index contributed by atoms with van der Waals surface area (Å²) in [6.45, 7) is 5.73. The molecule has 18 heavy (non-hydrogen) atoms. The van der Waals surface area contributed by atoms with E-state index in [2.05, 4.69) is 12.2 Å². The van der Waals surface area contributed by atoms with E-state index in [4.69, 9.17) is 4.74 Å². The van der Waals surface area contributed by atoms with Crippen LogP contribution in [0.3, 0.4) is 0 Å². The lowest BCUT2D eigenvalue weighted by atomic mass is 9.75. The molecule has 104 valence electrons. The van der Waals surface area contributed by atoms with Crippen molar-refractivity contribution >= 4 is 0 Å². The molecular formula is C16H29NO. The summed E-state index contributed by atoms with van der Waals surface area (Å²) in [7, 11) is 0. The first kappa shape index (κ1) is 12.9. The van der Waals surface area contributed by atoms with Crippen LogP contribution in [-0.4, -0.2) is 25.8 Å². The van der Waals surface area contributed by atoms with E-state index >= 15 is 0 Å². The van der Waals surface area contributed by atoms with Gasteiger partial charge in [0.05, 0.1) is 0 Å². The van der Waals surface area contributed by atoms with Crippen LogP contribution in [0.2, 0.25) is 0 Å². The quantitative estimate of drug-likeness (QED) is 0.829. The minimum absolute atomic E-state index is 0.590. The van der Waals surface area contributed by atoms with Crippen LogP contribution in [0.1, 0.15) is 64.7 Å². The molecule has 1 aliphatic heterocycles. The van der Waals surface area contributed by atoms with Crippen LogP contribution in [-0.2, 0) is 4.74 Å². The highest BCUT2D eigenvalue weighted by Crippen LogP contribution is 2.46. The number of hydrogen-bond acceptors (Lipinski definition) is 2. The number of rotatable bonds is 3. The summed E-state index contributed by atoms with van der Waals surface area (Å²) in [5.74, 6) is 0. The van der Waals surface area contributed by atoms with E-state index in [9.17, 15) is 0 Å². The van der Waals surface area contributed by atoms with Gasteiger partial charge in [-0.3, -0.25) is 0 Å². The lowest BCUT2D eigenvalue weighted by Gasteiger charge is -2.40. The van der Waals surface area contributed by atoms with Gasteiger partial charge in [-0.05, 0) is 49.4 Å². The predicted molar refractivity (Wildman–Crippen MR) is 74.7 cm³/mol. The van der Waals surface area contributed by atoms with Crippen molar-refractivity contribution in [1.82, 2.24) is 5.32 Å². The maximum Gasteiger partial charge on any atom is 0.0471 e. The van der Waals surface area contributed by atoms with Crippen LogP contribution in [0, 0.1) is 10.8 Å². The third-order valence-corrected chi connectivity index (χ3v) is 5.98. The molecule has 1 atom stereocenters. The maximum atomic E-state index is 5.57. The maximum absolute atomic E-state index is 5.57. The second-order valence-corrected chi connectivity index (χ2v) is 7.32. The summed E-state index contributed by atoms with van der Waals surface area (Å²) in [6.07, 6.45) is 12.6. The molecule has 1 N–H and O–H groups in total. The van der Waals surface area contributed by atoms with E-state index in [-0.39, 0.29) is 0 Å². The summed E-state index contributed by atoms with van der Waals surface area (Å²) in [6, 6.07) is 0.777. The van der Waals surface area contributed by atoms with Crippen LogP contribution in [0.4, 0.5) is 0 Å². The molecule has 0 aromatic carbocycles. The molecule has 2 aliphatic carbocycles. The number of nitrogens with one attached hydrogen (secondary N) is 1. The summed E-state index contributed by atoms with van der Waals surface area (Å²) in [5.41, 5.74) is 1.18. The van der Waals surface area contributed by atoms with Crippen molar-refractivity contribution in [3.05, 3.63) is 0 Å². The molecule has 0 bridgehead atoms. The normalized spacial score (nSPS) is 34.2. The van der Waals surface area contributed by atoms with E-state index < -0.39 is 0 Å². The molecule has 2 saturated carbocycles. The zero-order chi connectivity index (χ0) is 12.5. The van der Waals surface area contributed by atoms with Crippen molar-refractivity contribution in [2.24, 2.45) is 10.8 Å². The van der Waals surface area contributed by atoms with Crippen LogP contribution in [0.5, 0.6) is 0 Å². The topological polar surface area (TPSA) is 21.3 Å². The summed E-state index contributed by atoms with van der Waals surface area (Å²) in [5, 5.41) is 3.97. The molecule has 3 rings (SSSR count). The Morgan fingerprint density at radius 2 is 1.72 bits per heavy atom. The molecular weight excluding hydrogens is 222 g/mol. The van der Waals surface area contributed by atoms with Gasteiger partial charge in [-0.15, -0.1) is 0 Å². The molecule has 2 nitrogen and oxygen atoms in total. The van der Waals surface area contributed by atoms with Gasteiger partial charge in [0, 0.05) is 25.8 Å². The summed E-state index contributed by atoms with van der Waals surface area (Å²) >= 11 is 0. The van der Waals surface area contributed by atoms with Crippen molar-refractivity contribution in [2.45, 2.75) is 70.8 Å². The second-order valence-electron chi connectivity index (χ2n) is 7.32. The average molecular weight is 251 g/mol. The van der Waals surface area contributed by atoms with Crippen molar-refractivity contribution in [3.8, 4) is 0 Å². The van der Waals surface area contributed by atoms with Gasteiger partial charge >= 0.3 is 0 Å². The Hall–Kier alpha value is -0.0800. The van der Waals surface area contributed by atoms with Gasteiger partial charge in [-0.25, -0.2) is 0 Å². The number of ether oxygens (including phenoxy) is 1. The molecule has 0 amide bonds. The Labute approximate surface area is 112 Å². The smallest absolute Gasteiger partial charge is 0.0471 e. The van der Waals surface area contributed by atoms with Gasteiger partial charge in [0.15, 0.2) is 0 Å². The third kappa shape index (κ3) is 2.46. The fraction of sp³-hybridized carbons (Fsp3) is 1.00. The first-order valence-corrected chi connectivity index (χ1v) is 8.04. The molecule has 0 aromatic heterocycles. The zero-order valence-corrected chi connectivity index (χ0v) is 12.0. The molecule has 3 aliphatic rings. The molecule has 0 aromatic rings. The van der Waals surface area contributed by atoms with Gasteiger partial charge in [0.1, 0.15) is 0 Å². The fourth-order valence-corrected chi connectivity index (χ4v) is 4.61.